The highest BCUT2D eigenvalue weighted by molar-refractivity contribution is 5.67. The van der Waals surface area contributed by atoms with Gasteiger partial charge in [0.2, 0.25) is 0 Å². The maximum absolute atomic E-state index is 11.4. The second-order valence-electron chi connectivity index (χ2n) is 5.43. The number of nitrogens with one attached hydrogen (secondary N) is 1. The van der Waals surface area contributed by atoms with Crippen LogP contribution in [0.4, 0.5) is 4.79 Å². The molecule has 1 amide bonds. The van der Waals surface area contributed by atoms with Crippen molar-refractivity contribution in [3.63, 3.8) is 0 Å². The summed E-state index contributed by atoms with van der Waals surface area (Å²) < 4.78 is 5.11. The maximum Gasteiger partial charge on any atom is 0.407 e. The van der Waals surface area contributed by atoms with Crippen molar-refractivity contribution in [2.75, 3.05) is 6.54 Å². The lowest BCUT2D eigenvalue weighted by molar-refractivity contribution is 0.0529. The average molecular weight is 275 g/mol. The van der Waals surface area contributed by atoms with Gasteiger partial charge in [-0.3, -0.25) is 0 Å². The van der Waals surface area contributed by atoms with Gasteiger partial charge in [-0.1, -0.05) is 17.9 Å². The van der Waals surface area contributed by atoms with Gasteiger partial charge in [0, 0.05) is 24.1 Å². The molecular weight excluding hydrogens is 254 g/mol. The Bertz CT molecular complexity index is 533. The van der Waals surface area contributed by atoms with E-state index in [-0.39, 0.29) is 5.75 Å². The first kappa shape index (κ1) is 15.9. The summed E-state index contributed by atoms with van der Waals surface area (Å²) in [4.78, 5) is 11.4. The molecule has 0 radical (unpaired) electrons. The number of amides is 1. The summed E-state index contributed by atoms with van der Waals surface area (Å²) in [5.41, 5.74) is 1.07. The number of hydrogen-bond acceptors (Lipinski definition) is 3. The van der Waals surface area contributed by atoms with E-state index in [0.717, 1.165) is 11.1 Å². The molecular formula is C16H21NO3. The molecule has 0 atom stereocenters. The summed E-state index contributed by atoms with van der Waals surface area (Å²) in [6, 6.07) is 5.24. The van der Waals surface area contributed by atoms with Gasteiger partial charge in [0.15, 0.2) is 0 Å². The van der Waals surface area contributed by atoms with Crippen LogP contribution in [0.2, 0.25) is 0 Å². The van der Waals surface area contributed by atoms with Crippen molar-refractivity contribution in [2.45, 2.75) is 39.7 Å². The van der Waals surface area contributed by atoms with Crippen LogP contribution in [0, 0.1) is 18.8 Å². The molecule has 0 unspecified atom stereocenters. The number of phenols is 1. The van der Waals surface area contributed by atoms with Gasteiger partial charge >= 0.3 is 6.09 Å². The lowest BCUT2D eigenvalue weighted by atomic mass is 10.1. The first-order valence-corrected chi connectivity index (χ1v) is 6.54. The highest BCUT2D eigenvalue weighted by Crippen LogP contribution is 2.18. The number of benzene rings is 1. The van der Waals surface area contributed by atoms with Crippen molar-refractivity contribution in [1.29, 1.82) is 0 Å². The lowest BCUT2D eigenvalue weighted by Gasteiger charge is -2.19. The number of aromatic hydroxyl groups is 1. The zero-order chi connectivity index (χ0) is 15.2. The molecule has 0 fully saturated rings. The molecule has 0 aliphatic heterocycles. The Balaban J connectivity index is 2.41. The van der Waals surface area contributed by atoms with Crippen LogP contribution < -0.4 is 5.32 Å². The van der Waals surface area contributed by atoms with Gasteiger partial charge < -0.3 is 15.2 Å². The monoisotopic (exact) mass is 275 g/mol. The van der Waals surface area contributed by atoms with Gasteiger partial charge in [-0.25, -0.2) is 4.79 Å². The van der Waals surface area contributed by atoms with E-state index in [4.69, 9.17) is 4.74 Å². The Hall–Kier alpha value is -2.15. The predicted molar refractivity (Wildman–Crippen MR) is 78.6 cm³/mol. The van der Waals surface area contributed by atoms with Gasteiger partial charge in [-0.15, -0.1) is 0 Å². The fourth-order valence-electron chi connectivity index (χ4n) is 1.46. The number of ether oxygens (including phenoxy) is 1. The fraction of sp³-hybridized carbons (Fsp3) is 0.438. The molecule has 0 aromatic heterocycles. The van der Waals surface area contributed by atoms with Crippen molar-refractivity contribution in [2.24, 2.45) is 0 Å². The zero-order valence-electron chi connectivity index (χ0n) is 12.4. The number of carbonyl (C=O) groups excluding carboxylic acids is 1. The minimum absolute atomic E-state index is 0.240. The van der Waals surface area contributed by atoms with Crippen LogP contribution in [-0.2, 0) is 4.74 Å². The predicted octanol–water partition coefficient (Wildman–Crippen LogP) is 2.97. The molecule has 2 N–H and O–H groups in total. The van der Waals surface area contributed by atoms with E-state index >= 15 is 0 Å². The summed E-state index contributed by atoms with van der Waals surface area (Å²) >= 11 is 0. The second kappa shape index (κ2) is 6.85. The largest absolute Gasteiger partial charge is 0.508 e. The molecule has 0 bridgehead atoms. The molecule has 1 aromatic rings. The van der Waals surface area contributed by atoms with Crippen LogP contribution in [0.25, 0.3) is 0 Å². The van der Waals surface area contributed by atoms with Crippen LogP contribution in [0.3, 0.4) is 0 Å². The van der Waals surface area contributed by atoms with Crippen molar-refractivity contribution >= 4 is 6.09 Å². The molecule has 20 heavy (non-hydrogen) atoms. The minimum Gasteiger partial charge on any atom is -0.508 e. The Labute approximate surface area is 120 Å². The summed E-state index contributed by atoms with van der Waals surface area (Å²) in [6.07, 6.45) is 0.0850. The maximum atomic E-state index is 11.4. The van der Waals surface area contributed by atoms with Gasteiger partial charge in [0.1, 0.15) is 11.4 Å². The number of carbonyl (C=O) groups is 1. The molecule has 0 aliphatic rings. The van der Waals surface area contributed by atoms with E-state index in [1.54, 1.807) is 12.1 Å². The topological polar surface area (TPSA) is 58.6 Å². The molecule has 108 valence electrons. The number of hydrogen-bond donors (Lipinski definition) is 2. The van der Waals surface area contributed by atoms with Crippen molar-refractivity contribution in [1.82, 2.24) is 5.32 Å². The summed E-state index contributed by atoms with van der Waals surface area (Å²) in [6.45, 7) is 7.70. The average Bonchev–Trinajstić information content (AvgIpc) is 2.31. The van der Waals surface area contributed by atoms with Gasteiger partial charge in [-0.05, 0) is 39.8 Å². The standard InChI is InChI=1S/C16H21NO3/c1-12-13(9-7-10-14(12)18)8-5-6-11-17-15(19)20-16(2,3)4/h7,9-10,18H,6,11H2,1-4H3,(H,17,19). The molecule has 1 aromatic carbocycles. The van der Waals surface area contributed by atoms with Crippen LogP contribution in [0.5, 0.6) is 5.75 Å². The SMILES string of the molecule is Cc1c(O)cccc1C#CCCNC(=O)OC(C)(C)C. The van der Waals surface area contributed by atoms with Gasteiger partial charge in [0.05, 0.1) is 0 Å². The third-order valence-corrected chi connectivity index (χ3v) is 2.45. The number of rotatable bonds is 2. The molecule has 0 saturated heterocycles. The normalized spacial score (nSPS) is 10.4. The summed E-state index contributed by atoms with van der Waals surface area (Å²) in [5.74, 6) is 6.17. The lowest BCUT2D eigenvalue weighted by Crippen LogP contribution is -2.32. The van der Waals surface area contributed by atoms with Crippen LogP contribution in [0.15, 0.2) is 18.2 Å². The number of alkyl carbamates (subject to hydrolysis) is 1. The first-order chi connectivity index (χ1) is 9.29. The summed E-state index contributed by atoms with van der Waals surface area (Å²) in [7, 11) is 0. The smallest absolute Gasteiger partial charge is 0.407 e. The van der Waals surface area contributed by atoms with Crippen LogP contribution in [-0.4, -0.2) is 23.3 Å². The minimum atomic E-state index is -0.492. The zero-order valence-corrected chi connectivity index (χ0v) is 12.4. The first-order valence-electron chi connectivity index (χ1n) is 6.54. The fourth-order valence-corrected chi connectivity index (χ4v) is 1.46. The van der Waals surface area contributed by atoms with E-state index in [0.29, 0.717) is 13.0 Å². The molecule has 0 aliphatic carbocycles. The molecule has 1 rings (SSSR count). The Morgan fingerprint density at radius 1 is 1.40 bits per heavy atom. The Kier molecular flexibility index (Phi) is 5.45. The molecule has 4 heteroatoms. The molecule has 0 spiro atoms. The Morgan fingerprint density at radius 3 is 2.75 bits per heavy atom. The Morgan fingerprint density at radius 2 is 2.10 bits per heavy atom. The van der Waals surface area contributed by atoms with E-state index in [1.165, 1.54) is 0 Å². The summed E-state index contributed by atoms with van der Waals surface area (Å²) in [5, 5.41) is 12.2. The number of phenolic OH excluding ortho intramolecular Hbond substituents is 1. The van der Waals surface area contributed by atoms with Crippen molar-refractivity contribution in [3.05, 3.63) is 29.3 Å². The molecule has 0 saturated carbocycles. The third-order valence-electron chi connectivity index (χ3n) is 2.45. The highest BCUT2D eigenvalue weighted by atomic mass is 16.6. The molecule has 0 heterocycles. The van der Waals surface area contributed by atoms with E-state index in [9.17, 15) is 9.90 Å². The second-order valence-corrected chi connectivity index (χ2v) is 5.43. The van der Waals surface area contributed by atoms with Gasteiger partial charge in [-0.2, -0.15) is 0 Å². The quantitative estimate of drug-likeness (QED) is 0.644. The van der Waals surface area contributed by atoms with E-state index in [1.807, 2.05) is 33.8 Å². The van der Waals surface area contributed by atoms with Gasteiger partial charge in [0.25, 0.3) is 0 Å². The molecule has 4 nitrogen and oxygen atoms in total. The van der Waals surface area contributed by atoms with Crippen LogP contribution >= 0.6 is 0 Å². The van der Waals surface area contributed by atoms with Crippen molar-refractivity contribution < 1.29 is 14.6 Å². The highest BCUT2D eigenvalue weighted by Gasteiger charge is 2.15. The third kappa shape index (κ3) is 5.66. The van der Waals surface area contributed by atoms with Crippen molar-refractivity contribution in [3.8, 4) is 17.6 Å². The van der Waals surface area contributed by atoms with Crippen LogP contribution in [0.1, 0.15) is 38.3 Å². The van der Waals surface area contributed by atoms with E-state index < -0.39 is 11.7 Å². The van der Waals surface area contributed by atoms with E-state index in [2.05, 4.69) is 17.2 Å².